The second-order valence-electron chi connectivity index (χ2n) is 2.86. The molecule has 1 fully saturated rings. The lowest BCUT2D eigenvalue weighted by Crippen LogP contribution is -2.19. The number of hydrogen-bond donors (Lipinski definition) is 1. The summed E-state index contributed by atoms with van der Waals surface area (Å²) in [5.41, 5.74) is 0. The van der Waals surface area contributed by atoms with Gasteiger partial charge in [-0.05, 0) is 25.4 Å². The summed E-state index contributed by atoms with van der Waals surface area (Å²) < 4.78 is 2.50. The monoisotopic (exact) mass is 165 g/mol. The highest BCUT2D eigenvalue weighted by atomic mass is 33.1. The highest BCUT2D eigenvalue weighted by Crippen LogP contribution is 2.50. The first-order valence-electron chi connectivity index (χ1n) is 3.31. The molecule has 1 rings (SSSR count). The molecule has 0 saturated carbocycles. The van der Waals surface area contributed by atoms with Gasteiger partial charge in [0.05, 0.1) is 0 Å². The van der Waals surface area contributed by atoms with Gasteiger partial charge >= 0.3 is 0 Å². The van der Waals surface area contributed by atoms with Gasteiger partial charge in [-0.2, -0.15) is 0 Å². The molecule has 56 valence electrons. The second-order valence-corrected chi connectivity index (χ2v) is 8.49. The Labute approximate surface area is 64.1 Å². The zero-order valence-electron chi connectivity index (χ0n) is 6.13. The highest BCUT2D eigenvalue weighted by molar-refractivity contribution is 8.86. The first-order chi connectivity index (χ1) is 4.11. The van der Waals surface area contributed by atoms with Gasteiger partial charge in [0.15, 0.2) is 0 Å². The van der Waals surface area contributed by atoms with E-state index in [1.54, 1.807) is 0 Å². The van der Waals surface area contributed by atoms with Gasteiger partial charge in [0.25, 0.3) is 0 Å². The molecule has 0 atom stereocenters. The maximum Gasteiger partial charge on any atom is 0.00820 e. The van der Waals surface area contributed by atoms with Crippen LogP contribution in [0.1, 0.15) is 12.8 Å². The van der Waals surface area contributed by atoms with Crippen molar-refractivity contribution >= 4 is 20.9 Å². The van der Waals surface area contributed by atoms with Gasteiger partial charge in [-0.15, -0.1) is 20.9 Å². The van der Waals surface area contributed by atoms with Gasteiger partial charge in [0.2, 0.25) is 0 Å². The number of thiol groups is 1. The Morgan fingerprint density at radius 3 is 1.89 bits per heavy atom. The van der Waals surface area contributed by atoms with Crippen LogP contribution < -0.4 is 0 Å². The molecule has 1 saturated heterocycles. The van der Waals surface area contributed by atoms with Crippen molar-refractivity contribution in [3.8, 4) is 0 Å². The van der Waals surface area contributed by atoms with Crippen molar-refractivity contribution in [2.75, 3.05) is 25.6 Å². The van der Waals surface area contributed by atoms with Crippen LogP contribution in [0.25, 0.3) is 0 Å². The molecule has 1 heterocycles. The number of nitrogens with zero attached hydrogens (tertiary/aromatic N) is 1. The summed E-state index contributed by atoms with van der Waals surface area (Å²) >= 11 is 4.56. The summed E-state index contributed by atoms with van der Waals surface area (Å²) in [5, 5.41) is 0. The molecule has 1 aliphatic heterocycles. The summed E-state index contributed by atoms with van der Waals surface area (Å²) in [5.74, 6) is 0. The lowest BCUT2D eigenvalue weighted by molar-refractivity contribution is 0.580. The third-order valence-corrected chi connectivity index (χ3v) is 4.02. The number of hydrogen-bond acceptors (Lipinski definition) is 2. The Kier molecular flexibility index (Phi) is 2.35. The predicted molar refractivity (Wildman–Crippen MR) is 49.2 cm³/mol. The fourth-order valence-corrected chi connectivity index (χ4v) is 2.78. The van der Waals surface area contributed by atoms with Crippen LogP contribution >= 0.6 is 20.9 Å². The minimum Gasteiger partial charge on any atom is -0.260 e. The molecule has 3 heteroatoms. The van der Waals surface area contributed by atoms with Crippen molar-refractivity contribution in [2.45, 2.75) is 12.8 Å². The first-order valence-corrected chi connectivity index (χ1v) is 6.77. The predicted octanol–water partition coefficient (Wildman–Crippen LogP) is 1.91. The van der Waals surface area contributed by atoms with Gasteiger partial charge in [0.1, 0.15) is 0 Å². The molecular weight excluding hydrogens is 150 g/mol. The van der Waals surface area contributed by atoms with E-state index in [0.29, 0.717) is 0 Å². The quantitative estimate of drug-likeness (QED) is 0.459. The average molecular weight is 165 g/mol. The van der Waals surface area contributed by atoms with Crippen molar-refractivity contribution < 1.29 is 0 Å². The fourth-order valence-electron chi connectivity index (χ4n) is 1.13. The molecule has 0 bridgehead atoms. The molecule has 0 radical (unpaired) electrons. The molecule has 0 unspecified atom stereocenters. The summed E-state index contributed by atoms with van der Waals surface area (Å²) in [6.45, 7) is 2.54. The summed E-state index contributed by atoms with van der Waals surface area (Å²) in [7, 11) is -0.675. The van der Waals surface area contributed by atoms with E-state index in [4.69, 9.17) is 0 Å². The minimum absolute atomic E-state index is 0.675. The Morgan fingerprint density at radius 1 is 1.22 bits per heavy atom. The molecule has 0 aromatic carbocycles. The van der Waals surface area contributed by atoms with E-state index in [2.05, 4.69) is 28.5 Å². The van der Waals surface area contributed by atoms with E-state index in [1.165, 1.54) is 25.9 Å². The molecular formula is C6H15NS2. The average Bonchev–Trinajstić information content (AvgIpc) is 2.08. The Bertz CT molecular complexity index is 91.7. The standard InChI is InChI=1S/C6H15NS2/c1-9(2,8)7-5-3-4-6-7/h8H,3-6H2,1-2H3. The third kappa shape index (κ3) is 2.06. The fraction of sp³-hybridized carbons (Fsp3) is 1.00. The molecule has 1 aliphatic rings. The van der Waals surface area contributed by atoms with Gasteiger partial charge in [0, 0.05) is 13.1 Å². The molecule has 0 N–H and O–H groups in total. The molecule has 1 nitrogen and oxygen atoms in total. The van der Waals surface area contributed by atoms with Crippen LogP contribution in [0.5, 0.6) is 0 Å². The molecule has 0 aromatic heterocycles. The van der Waals surface area contributed by atoms with Crippen molar-refractivity contribution in [3.05, 3.63) is 0 Å². The van der Waals surface area contributed by atoms with Crippen molar-refractivity contribution in [3.63, 3.8) is 0 Å². The van der Waals surface area contributed by atoms with E-state index in [-0.39, 0.29) is 0 Å². The third-order valence-electron chi connectivity index (χ3n) is 1.70. The normalized spacial score (nSPS) is 24.8. The Balaban J connectivity index is 2.42. The van der Waals surface area contributed by atoms with Crippen molar-refractivity contribution in [1.29, 1.82) is 0 Å². The molecule has 0 aliphatic carbocycles. The SMILES string of the molecule is CS(C)(S)N1CCCC1. The van der Waals surface area contributed by atoms with Gasteiger partial charge in [-0.1, -0.05) is 0 Å². The molecule has 0 spiro atoms. The van der Waals surface area contributed by atoms with Crippen LogP contribution in [0, 0.1) is 0 Å². The summed E-state index contributed by atoms with van der Waals surface area (Å²) in [6.07, 6.45) is 7.22. The van der Waals surface area contributed by atoms with E-state index in [0.717, 1.165) is 0 Å². The zero-order chi connectivity index (χ0) is 6.91. The largest absolute Gasteiger partial charge is 0.260 e. The van der Waals surface area contributed by atoms with Crippen molar-refractivity contribution in [1.82, 2.24) is 4.31 Å². The van der Waals surface area contributed by atoms with Crippen molar-refractivity contribution in [2.24, 2.45) is 0 Å². The smallest absolute Gasteiger partial charge is 0.00820 e. The van der Waals surface area contributed by atoms with Crippen LogP contribution in [0.3, 0.4) is 0 Å². The van der Waals surface area contributed by atoms with Crippen LogP contribution in [0.4, 0.5) is 0 Å². The van der Waals surface area contributed by atoms with E-state index < -0.39 is 9.25 Å². The molecule has 0 amide bonds. The van der Waals surface area contributed by atoms with Crippen LogP contribution in [-0.4, -0.2) is 29.9 Å². The lowest BCUT2D eigenvalue weighted by Gasteiger charge is -2.35. The van der Waals surface area contributed by atoms with Crippen LogP contribution in [0.2, 0.25) is 0 Å². The van der Waals surface area contributed by atoms with Crippen LogP contribution in [0.15, 0.2) is 0 Å². The number of rotatable bonds is 1. The summed E-state index contributed by atoms with van der Waals surface area (Å²) in [6, 6.07) is 0. The Hall–Kier alpha value is 0.660. The second kappa shape index (κ2) is 2.72. The zero-order valence-corrected chi connectivity index (χ0v) is 7.84. The maximum atomic E-state index is 4.56. The first kappa shape index (κ1) is 7.76. The van der Waals surface area contributed by atoms with E-state index in [1.807, 2.05) is 0 Å². The topological polar surface area (TPSA) is 3.24 Å². The Morgan fingerprint density at radius 2 is 1.67 bits per heavy atom. The minimum atomic E-state index is -0.675. The highest BCUT2D eigenvalue weighted by Gasteiger charge is 2.20. The maximum absolute atomic E-state index is 4.56. The summed E-state index contributed by atoms with van der Waals surface area (Å²) in [4.78, 5) is 0. The molecule has 9 heavy (non-hydrogen) atoms. The van der Waals surface area contributed by atoms with Gasteiger partial charge in [-0.3, -0.25) is 4.31 Å². The lowest BCUT2D eigenvalue weighted by atomic mass is 10.4. The van der Waals surface area contributed by atoms with Gasteiger partial charge < -0.3 is 0 Å². The van der Waals surface area contributed by atoms with E-state index in [9.17, 15) is 0 Å². The molecule has 0 aromatic rings. The van der Waals surface area contributed by atoms with E-state index >= 15 is 0 Å². The van der Waals surface area contributed by atoms with Crippen LogP contribution in [-0.2, 0) is 0 Å². The van der Waals surface area contributed by atoms with Gasteiger partial charge in [-0.25, -0.2) is 0 Å².